The van der Waals surface area contributed by atoms with Gasteiger partial charge in [-0.2, -0.15) is 0 Å². The minimum absolute atomic E-state index is 0.00446. The van der Waals surface area contributed by atoms with E-state index in [1.807, 2.05) is 83.1 Å². The third-order valence-electron chi connectivity index (χ3n) is 10.00. The number of hydrogen-bond acceptors (Lipinski definition) is 7. The average molecular weight is 793 g/mol. The highest BCUT2D eigenvalue weighted by atomic mass is 16.6. The van der Waals surface area contributed by atoms with Crippen molar-refractivity contribution in [3.8, 4) is 0 Å². The number of unbranched alkanes of at least 4 members (excludes halogenated alkanes) is 2. The van der Waals surface area contributed by atoms with E-state index in [-0.39, 0.29) is 53.5 Å². The van der Waals surface area contributed by atoms with Gasteiger partial charge in [0, 0.05) is 56.1 Å². The second-order valence-corrected chi connectivity index (χ2v) is 16.1. The Balaban J connectivity index is 0.000000587. The summed E-state index contributed by atoms with van der Waals surface area (Å²) in [6, 6.07) is 20.1. The molecule has 0 fully saturated rings. The quantitative estimate of drug-likeness (QED) is 0.0661. The Kier molecular flexibility index (Phi) is 26.9. The Hall–Kier alpha value is -4.05. The van der Waals surface area contributed by atoms with E-state index < -0.39 is 11.7 Å². The molecule has 0 radical (unpaired) electrons. The molecule has 57 heavy (non-hydrogen) atoms. The number of rotatable bonds is 27. The van der Waals surface area contributed by atoms with E-state index in [1.54, 1.807) is 0 Å². The molecule has 0 aliphatic rings. The van der Waals surface area contributed by atoms with Crippen molar-refractivity contribution >= 4 is 29.5 Å². The maximum atomic E-state index is 13.1. The summed E-state index contributed by atoms with van der Waals surface area (Å²) in [6.07, 6.45) is 9.61. The number of amides is 3. The fourth-order valence-corrected chi connectivity index (χ4v) is 6.52. The molecule has 0 unspecified atom stereocenters. The van der Waals surface area contributed by atoms with Crippen LogP contribution in [-0.4, -0.2) is 61.3 Å². The summed E-state index contributed by atoms with van der Waals surface area (Å²) < 4.78 is 5.24. The number of carbonyl (C=O) groups excluding carboxylic acids is 5. The minimum Gasteiger partial charge on any atom is -0.444 e. The molecule has 2 rings (SSSR count). The van der Waals surface area contributed by atoms with Gasteiger partial charge in [-0.1, -0.05) is 101 Å². The topological polar surface area (TPSA) is 157 Å². The minimum atomic E-state index is -0.549. The molecule has 10 heteroatoms. The summed E-state index contributed by atoms with van der Waals surface area (Å²) in [5.41, 5.74) is 7.36. The molecule has 0 aromatic heterocycles. The van der Waals surface area contributed by atoms with Crippen LogP contribution in [0.4, 0.5) is 4.79 Å². The monoisotopic (exact) mass is 793 g/mol. The van der Waals surface area contributed by atoms with Gasteiger partial charge in [0.25, 0.3) is 0 Å². The van der Waals surface area contributed by atoms with Crippen molar-refractivity contribution in [2.45, 2.75) is 144 Å². The zero-order chi connectivity index (χ0) is 42.5. The molecule has 0 heterocycles. The maximum absolute atomic E-state index is 13.1. The van der Waals surface area contributed by atoms with Gasteiger partial charge in [-0.15, -0.1) is 0 Å². The standard InChI is InChI=1S/C26H42N2O4.C21H34N2O2/c1-6-8-16-27-24(30)22(15-12-17-28-25(31)32-26(3,4)5)19-23(29)21(7-2)18-20-13-10-9-11-14-20;1-3-5-14-23-21(25)19(12-9-13-22)16-20(24)18(4-2)15-17-10-7-6-8-11-17/h9-11,13-14,21-22H,6-8,12,15-19H2,1-5H3,(H,27,30)(H,28,31);6-8,10-11,18-19H,3-5,9,12-16,22H2,1-2H3,(H,23,25)/t21-,22+;18-,19+/m00/s1. The smallest absolute Gasteiger partial charge is 0.407 e. The van der Waals surface area contributed by atoms with Crippen LogP contribution in [0, 0.1) is 23.7 Å². The van der Waals surface area contributed by atoms with Crippen LogP contribution in [0.1, 0.15) is 137 Å². The Morgan fingerprint density at radius 1 is 0.579 bits per heavy atom. The van der Waals surface area contributed by atoms with Gasteiger partial charge in [-0.3, -0.25) is 19.2 Å². The van der Waals surface area contributed by atoms with Crippen LogP contribution in [0.25, 0.3) is 0 Å². The number of ketones is 2. The Labute approximate surface area is 344 Å². The number of nitrogens with two attached hydrogens (primary N) is 1. The van der Waals surface area contributed by atoms with Gasteiger partial charge in [-0.05, 0) is 103 Å². The fourth-order valence-electron chi connectivity index (χ4n) is 6.52. The number of benzene rings is 2. The zero-order valence-electron chi connectivity index (χ0n) is 36.3. The molecule has 0 bridgehead atoms. The average Bonchev–Trinajstić information content (AvgIpc) is 3.19. The molecule has 2 aromatic rings. The summed E-state index contributed by atoms with van der Waals surface area (Å²) in [6.45, 7) is 15.9. The molecule has 5 N–H and O–H groups in total. The van der Waals surface area contributed by atoms with E-state index in [0.29, 0.717) is 58.3 Å². The second-order valence-electron chi connectivity index (χ2n) is 16.1. The number of hydrogen-bond donors (Lipinski definition) is 4. The van der Waals surface area contributed by atoms with Crippen molar-refractivity contribution in [3.63, 3.8) is 0 Å². The molecule has 0 saturated carbocycles. The van der Waals surface area contributed by atoms with Gasteiger partial charge in [-0.25, -0.2) is 4.79 Å². The molecule has 10 nitrogen and oxygen atoms in total. The van der Waals surface area contributed by atoms with Crippen molar-refractivity contribution in [1.29, 1.82) is 0 Å². The van der Waals surface area contributed by atoms with Crippen LogP contribution >= 0.6 is 0 Å². The van der Waals surface area contributed by atoms with Crippen molar-refractivity contribution in [2.75, 3.05) is 26.2 Å². The predicted molar refractivity (Wildman–Crippen MR) is 232 cm³/mol. The van der Waals surface area contributed by atoms with Crippen LogP contribution in [0.15, 0.2) is 60.7 Å². The highest BCUT2D eigenvalue weighted by Crippen LogP contribution is 2.22. The van der Waals surface area contributed by atoms with Gasteiger partial charge in [0.05, 0.1) is 0 Å². The lowest BCUT2D eigenvalue weighted by atomic mass is 9.86. The van der Waals surface area contributed by atoms with Crippen molar-refractivity contribution in [3.05, 3.63) is 71.8 Å². The molecular weight excluding hydrogens is 717 g/mol. The first-order valence-corrected chi connectivity index (χ1v) is 21.6. The summed E-state index contributed by atoms with van der Waals surface area (Å²) in [5.74, 6) is -0.494. The summed E-state index contributed by atoms with van der Waals surface area (Å²) >= 11 is 0. The van der Waals surface area contributed by atoms with Crippen LogP contribution in [-0.2, 0) is 36.8 Å². The second kappa shape index (κ2) is 30.1. The molecular formula is C47H76N4O6. The zero-order valence-corrected chi connectivity index (χ0v) is 36.3. The summed E-state index contributed by atoms with van der Waals surface area (Å²) in [7, 11) is 0. The van der Waals surface area contributed by atoms with E-state index in [0.717, 1.165) is 56.9 Å². The van der Waals surface area contributed by atoms with Crippen LogP contribution in [0.2, 0.25) is 0 Å². The van der Waals surface area contributed by atoms with Gasteiger partial charge in [0.1, 0.15) is 17.2 Å². The SMILES string of the molecule is CCCCNC(=O)[C@H](CCCN)CC(=O)[C@@H](CC)Cc1ccccc1.CCCCNC(=O)[C@H](CCCNC(=O)OC(C)(C)C)CC(=O)[C@@H](CC)Cc1ccccc1. The Morgan fingerprint density at radius 3 is 1.35 bits per heavy atom. The molecule has 3 amide bonds. The van der Waals surface area contributed by atoms with E-state index in [9.17, 15) is 24.0 Å². The lowest BCUT2D eigenvalue weighted by Crippen LogP contribution is -2.35. The third kappa shape index (κ3) is 23.7. The van der Waals surface area contributed by atoms with Crippen molar-refractivity contribution in [1.82, 2.24) is 16.0 Å². The number of alkyl carbamates (subject to hydrolysis) is 1. The van der Waals surface area contributed by atoms with E-state index in [1.165, 1.54) is 5.56 Å². The number of ether oxygens (including phenoxy) is 1. The first-order chi connectivity index (χ1) is 27.3. The van der Waals surface area contributed by atoms with Crippen LogP contribution < -0.4 is 21.7 Å². The lowest BCUT2D eigenvalue weighted by Gasteiger charge is -2.21. The summed E-state index contributed by atoms with van der Waals surface area (Å²) in [5, 5.41) is 8.67. The molecule has 0 aliphatic carbocycles. The molecule has 0 saturated heterocycles. The van der Waals surface area contributed by atoms with Crippen LogP contribution in [0.5, 0.6) is 0 Å². The van der Waals surface area contributed by atoms with Crippen LogP contribution in [0.3, 0.4) is 0 Å². The lowest BCUT2D eigenvalue weighted by molar-refractivity contribution is -0.131. The largest absolute Gasteiger partial charge is 0.444 e. The fraction of sp³-hybridized carbons (Fsp3) is 0.638. The maximum Gasteiger partial charge on any atom is 0.407 e. The van der Waals surface area contributed by atoms with Crippen molar-refractivity contribution in [2.24, 2.45) is 29.4 Å². The predicted octanol–water partition coefficient (Wildman–Crippen LogP) is 8.54. The number of Topliss-reactive ketones (excluding diaryl/α,β-unsaturated/α-hetero) is 2. The van der Waals surface area contributed by atoms with Gasteiger partial charge in [0.15, 0.2) is 0 Å². The van der Waals surface area contributed by atoms with Gasteiger partial charge in [0.2, 0.25) is 11.8 Å². The third-order valence-corrected chi connectivity index (χ3v) is 10.00. The highest BCUT2D eigenvalue weighted by molar-refractivity contribution is 5.89. The molecule has 2 aromatic carbocycles. The Bertz CT molecular complexity index is 1410. The van der Waals surface area contributed by atoms with Gasteiger partial charge >= 0.3 is 6.09 Å². The summed E-state index contributed by atoms with van der Waals surface area (Å²) in [4.78, 5) is 62.8. The number of nitrogens with one attached hydrogen (secondary N) is 3. The van der Waals surface area contributed by atoms with E-state index in [4.69, 9.17) is 10.5 Å². The first-order valence-electron chi connectivity index (χ1n) is 21.6. The molecule has 4 atom stereocenters. The molecule has 320 valence electrons. The van der Waals surface area contributed by atoms with E-state index in [2.05, 4.69) is 41.9 Å². The molecule has 0 spiro atoms. The van der Waals surface area contributed by atoms with Crippen molar-refractivity contribution < 1.29 is 28.7 Å². The Morgan fingerprint density at radius 2 is 0.982 bits per heavy atom. The number of carbonyl (C=O) groups is 5. The molecule has 0 aliphatic heterocycles. The first kappa shape index (κ1) is 51.0. The van der Waals surface area contributed by atoms with E-state index >= 15 is 0 Å². The highest BCUT2D eigenvalue weighted by Gasteiger charge is 2.27. The normalized spacial score (nSPS) is 13.2. The van der Waals surface area contributed by atoms with Gasteiger partial charge < -0.3 is 26.4 Å².